The fraction of sp³-hybridized carbons (Fsp3) is 0.389. The van der Waals surface area contributed by atoms with Gasteiger partial charge in [-0.25, -0.2) is 21.9 Å². The Bertz CT molecular complexity index is 907. The Morgan fingerprint density at radius 1 is 1.18 bits per heavy atom. The van der Waals surface area contributed by atoms with Gasteiger partial charge in [0.15, 0.2) is 0 Å². The number of benzene rings is 1. The average molecular weight is 430 g/mol. The Morgan fingerprint density at radius 3 is 2.39 bits per heavy atom. The van der Waals surface area contributed by atoms with Crippen molar-refractivity contribution in [2.75, 3.05) is 18.4 Å². The van der Waals surface area contributed by atoms with E-state index in [9.17, 15) is 22.0 Å². The molecular weight excluding hydrogens is 408 g/mol. The van der Waals surface area contributed by atoms with Crippen LogP contribution in [0.1, 0.15) is 19.8 Å². The van der Waals surface area contributed by atoms with Gasteiger partial charge in [0.2, 0.25) is 15.9 Å². The van der Waals surface area contributed by atoms with Gasteiger partial charge >= 0.3 is 0 Å². The predicted molar refractivity (Wildman–Crippen MR) is 104 cm³/mol. The first-order valence-corrected chi connectivity index (χ1v) is 11.2. The van der Waals surface area contributed by atoms with Crippen LogP contribution in [0.2, 0.25) is 0 Å². The van der Waals surface area contributed by atoms with E-state index in [1.807, 2.05) is 4.90 Å². The van der Waals surface area contributed by atoms with Gasteiger partial charge in [-0.1, -0.05) is 12.1 Å². The number of sulfonamides is 1. The van der Waals surface area contributed by atoms with E-state index in [0.717, 1.165) is 23.5 Å². The number of rotatable bonds is 6. The summed E-state index contributed by atoms with van der Waals surface area (Å²) < 4.78 is 55.0. The van der Waals surface area contributed by atoms with Gasteiger partial charge in [-0.3, -0.25) is 9.69 Å². The maximum atomic E-state index is 13.7. The molecule has 2 aromatic rings. The first-order valence-electron chi connectivity index (χ1n) is 8.82. The molecule has 1 amide bonds. The number of nitrogens with zero attached hydrogens (tertiary/aromatic N) is 1. The van der Waals surface area contributed by atoms with Crippen molar-refractivity contribution in [3.8, 4) is 0 Å². The largest absolute Gasteiger partial charge is 0.320 e. The average Bonchev–Trinajstić information content (AvgIpc) is 3.20. The molecule has 0 spiro atoms. The second-order valence-electron chi connectivity index (χ2n) is 6.63. The molecule has 0 unspecified atom stereocenters. The van der Waals surface area contributed by atoms with Crippen molar-refractivity contribution in [2.24, 2.45) is 0 Å². The summed E-state index contributed by atoms with van der Waals surface area (Å²) in [5, 5.41) is 4.01. The third-order valence-corrected chi connectivity index (χ3v) is 7.67. The number of anilines is 1. The van der Waals surface area contributed by atoms with Gasteiger partial charge in [-0.2, -0.15) is 0 Å². The molecule has 1 atom stereocenters. The van der Waals surface area contributed by atoms with Crippen LogP contribution in [-0.4, -0.2) is 44.4 Å². The van der Waals surface area contributed by atoms with Crippen LogP contribution in [0.4, 0.5) is 14.5 Å². The van der Waals surface area contributed by atoms with Crippen LogP contribution in [0, 0.1) is 11.6 Å². The summed E-state index contributed by atoms with van der Waals surface area (Å²) in [4.78, 5) is 14.3. The number of halogens is 2. The normalized spacial score (nSPS) is 17.4. The van der Waals surface area contributed by atoms with E-state index in [4.69, 9.17) is 0 Å². The van der Waals surface area contributed by atoms with Crippen LogP contribution in [0.25, 0.3) is 0 Å². The quantitative estimate of drug-likeness (QED) is 0.740. The molecule has 0 radical (unpaired) electrons. The van der Waals surface area contributed by atoms with E-state index in [1.165, 1.54) is 6.07 Å². The number of amides is 1. The zero-order valence-electron chi connectivity index (χ0n) is 15.2. The fourth-order valence-corrected chi connectivity index (χ4v) is 5.42. The second kappa shape index (κ2) is 8.64. The standard InChI is InChI=1S/C18H21F2N3O3S2/c1-12(18(24)21-17-14(19)4-2-5-15(17)20)23-9-7-13(8-10-23)22-28(25,26)16-6-3-11-27-16/h2-6,11-13,22H,7-10H2,1H3,(H,21,24)/t12-/m0/s1. The van der Waals surface area contributed by atoms with Crippen LogP contribution in [0.15, 0.2) is 39.9 Å². The highest BCUT2D eigenvalue weighted by atomic mass is 32.2. The summed E-state index contributed by atoms with van der Waals surface area (Å²) in [6.45, 7) is 2.64. The van der Waals surface area contributed by atoms with E-state index in [0.29, 0.717) is 25.9 Å². The van der Waals surface area contributed by atoms with Crippen LogP contribution in [0.3, 0.4) is 0 Å². The van der Waals surface area contributed by atoms with Gasteiger partial charge < -0.3 is 5.32 Å². The van der Waals surface area contributed by atoms with Crippen LogP contribution in [-0.2, 0) is 14.8 Å². The number of piperidine rings is 1. The van der Waals surface area contributed by atoms with E-state index in [2.05, 4.69) is 10.0 Å². The molecule has 1 saturated heterocycles. The molecule has 28 heavy (non-hydrogen) atoms. The molecule has 1 aromatic carbocycles. The summed E-state index contributed by atoms with van der Waals surface area (Å²) in [6, 6.07) is 5.79. The second-order valence-corrected chi connectivity index (χ2v) is 9.51. The van der Waals surface area contributed by atoms with Crippen molar-refractivity contribution in [1.82, 2.24) is 9.62 Å². The lowest BCUT2D eigenvalue weighted by atomic mass is 10.0. The number of hydrogen-bond donors (Lipinski definition) is 2. The van der Waals surface area contributed by atoms with Gasteiger partial charge in [0, 0.05) is 19.1 Å². The highest BCUT2D eigenvalue weighted by molar-refractivity contribution is 7.91. The lowest BCUT2D eigenvalue weighted by Crippen LogP contribution is -2.50. The Labute approximate surface area is 166 Å². The molecular formula is C18H21F2N3O3S2. The number of hydrogen-bond acceptors (Lipinski definition) is 5. The van der Waals surface area contributed by atoms with Gasteiger partial charge in [-0.15, -0.1) is 11.3 Å². The molecule has 0 saturated carbocycles. The minimum Gasteiger partial charge on any atom is -0.320 e. The van der Waals surface area contributed by atoms with E-state index >= 15 is 0 Å². The number of carbonyl (C=O) groups excluding carboxylic acids is 1. The molecule has 3 rings (SSSR count). The van der Waals surface area contributed by atoms with Gasteiger partial charge in [0.25, 0.3) is 0 Å². The van der Waals surface area contributed by atoms with Crippen LogP contribution in [0.5, 0.6) is 0 Å². The zero-order chi connectivity index (χ0) is 20.3. The molecule has 10 heteroatoms. The molecule has 0 bridgehead atoms. The minimum absolute atomic E-state index is 0.220. The van der Waals surface area contributed by atoms with Crippen molar-refractivity contribution in [2.45, 2.75) is 36.1 Å². The summed E-state index contributed by atoms with van der Waals surface area (Å²) >= 11 is 1.16. The maximum absolute atomic E-state index is 13.7. The number of carbonyl (C=O) groups is 1. The van der Waals surface area contributed by atoms with Crippen LogP contribution < -0.4 is 10.0 Å². The molecule has 1 aliphatic rings. The number of nitrogens with one attached hydrogen (secondary N) is 2. The molecule has 1 aliphatic heterocycles. The molecule has 1 fully saturated rings. The number of thiophene rings is 1. The van der Waals surface area contributed by atoms with Gasteiger partial charge in [0.05, 0.1) is 6.04 Å². The monoisotopic (exact) mass is 429 g/mol. The summed E-state index contributed by atoms with van der Waals surface area (Å²) in [5.74, 6) is -2.17. The topological polar surface area (TPSA) is 78.5 Å². The Morgan fingerprint density at radius 2 is 1.82 bits per heavy atom. The number of likely N-dealkylation sites (tertiary alicyclic amines) is 1. The molecule has 6 nitrogen and oxygen atoms in total. The zero-order valence-corrected chi connectivity index (χ0v) is 16.8. The lowest BCUT2D eigenvalue weighted by Gasteiger charge is -2.35. The van der Waals surface area contributed by atoms with Crippen molar-refractivity contribution in [1.29, 1.82) is 0 Å². The molecule has 152 valence electrons. The molecule has 2 N–H and O–H groups in total. The number of para-hydroxylation sites is 1. The van der Waals surface area contributed by atoms with Crippen molar-refractivity contribution in [3.05, 3.63) is 47.3 Å². The van der Waals surface area contributed by atoms with Crippen LogP contribution >= 0.6 is 11.3 Å². The van der Waals surface area contributed by atoms with Crippen molar-refractivity contribution >= 4 is 33.0 Å². The Balaban J connectivity index is 1.55. The van der Waals surface area contributed by atoms with E-state index < -0.39 is 39.3 Å². The van der Waals surface area contributed by atoms with E-state index in [-0.39, 0.29) is 10.3 Å². The smallest absolute Gasteiger partial charge is 0.250 e. The third-order valence-electron chi connectivity index (χ3n) is 4.75. The minimum atomic E-state index is -3.53. The van der Waals surface area contributed by atoms with Gasteiger partial charge in [-0.05, 0) is 43.3 Å². The van der Waals surface area contributed by atoms with Crippen molar-refractivity contribution < 1.29 is 22.0 Å². The Hall–Kier alpha value is -1.88. The summed E-state index contributed by atoms with van der Waals surface area (Å²) in [5.41, 5.74) is -0.460. The highest BCUT2D eigenvalue weighted by Gasteiger charge is 2.30. The Kier molecular flexibility index (Phi) is 6.43. The lowest BCUT2D eigenvalue weighted by molar-refractivity contribution is -0.121. The van der Waals surface area contributed by atoms with Gasteiger partial charge in [0.1, 0.15) is 21.5 Å². The van der Waals surface area contributed by atoms with Crippen molar-refractivity contribution in [3.63, 3.8) is 0 Å². The summed E-state index contributed by atoms with van der Waals surface area (Å²) in [6.07, 6.45) is 1.08. The molecule has 2 heterocycles. The first-order chi connectivity index (χ1) is 13.3. The maximum Gasteiger partial charge on any atom is 0.250 e. The highest BCUT2D eigenvalue weighted by Crippen LogP contribution is 2.21. The molecule has 0 aliphatic carbocycles. The SMILES string of the molecule is C[C@@H](C(=O)Nc1c(F)cccc1F)N1CCC(NS(=O)(=O)c2cccs2)CC1. The molecule has 1 aromatic heterocycles. The summed E-state index contributed by atoms with van der Waals surface area (Å²) in [7, 11) is -3.53. The third kappa shape index (κ3) is 4.75. The fourth-order valence-electron chi connectivity index (χ4n) is 3.11. The predicted octanol–water partition coefficient (Wildman–Crippen LogP) is 2.80. The first kappa shape index (κ1) is 20.8. The van der Waals surface area contributed by atoms with E-state index in [1.54, 1.807) is 24.4 Å².